The van der Waals surface area contributed by atoms with Crippen LogP contribution in [0.15, 0.2) is 0 Å². The van der Waals surface area contributed by atoms with Crippen LogP contribution in [0, 0.1) is 0 Å². The first-order valence-corrected chi connectivity index (χ1v) is 16.3. The van der Waals surface area contributed by atoms with E-state index < -0.39 is 55.7 Å². The molecule has 3 rings (SSSR count). The van der Waals surface area contributed by atoms with E-state index in [1.54, 1.807) is 26.2 Å². The smallest absolute Gasteiger partial charge is 0.317 e. The van der Waals surface area contributed by atoms with Crippen LogP contribution in [0.2, 0.25) is 19.6 Å². The summed E-state index contributed by atoms with van der Waals surface area (Å²) in [7, 11) is 4.07. The number of ether oxygens (including phenoxy) is 5. The Morgan fingerprint density at radius 2 is 1.61 bits per heavy atom. The molecule has 3 saturated heterocycles. The Morgan fingerprint density at radius 1 is 1.03 bits per heavy atom. The van der Waals surface area contributed by atoms with Gasteiger partial charge >= 0.3 is 5.97 Å². The topological polar surface area (TPSA) is 122 Å². The predicted octanol–water partition coefficient (Wildman–Crippen LogP) is 0.761. The number of fused-ring (bicyclic) bond motifs is 1. The van der Waals surface area contributed by atoms with Crippen LogP contribution >= 0.6 is 11.8 Å². The molecule has 8 atom stereocenters. The number of carbonyl (C=O) groups is 3. The third-order valence-corrected chi connectivity index (χ3v) is 9.04. The number of amides is 2. The van der Waals surface area contributed by atoms with Gasteiger partial charge in [-0.25, -0.2) is 0 Å². The van der Waals surface area contributed by atoms with E-state index in [-0.39, 0.29) is 36.2 Å². The molecule has 206 valence electrons. The highest BCUT2D eigenvalue weighted by molar-refractivity contribution is 8.01. The molecule has 0 radical (unpaired) electrons. The van der Waals surface area contributed by atoms with E-state index in [1.807, 2.05) is 33.5 Å². The van der Waals surface area contributed by atoms with Crippen molar-refractivity contribution in [1.82, 2.24) is 10.2 Å². The fourth-order valence-electron chi connectivity index (χ4n) is 5.19. The van der Waals surface area contributed by atoms with Gasteiger partial charge in [0.05, 0.1) is 19.1 Å². The minimum Gasteiger partial charge on any atom is -0.518 e. The van der Waals surface area contributed by atoms with Gasteiger partial charge in [0.2, 0.25) is 20.1 Å². The number of hydrogen-bond acceptors (Lipinski definition) is 10. The lowest BCUT2D eigenvalue weighted by Crippen LogP contribution is -2.71. The molecule has 0 aromatic rings. The largest absolute Gasteiger partial charge is 0.518 e. The summed E-state index contributed by atoms with van der Waals surface area (Å²) >= 11 is 1.50. The molecule has 13 heteroatoms. The van der Waals surface area contributed by atoms with Crippen molar-refractivity contribution >= 4 is 37.9 Å². The number of nitrogens with zero attached hydrogens (tertiary/aromatic N) is 1. The first-order valence-electron chi connectivity index (χ1n) is 12.0. The zero-order valence-corrected chi connectivity index (χ0v) is 24.4. The fraction of sp³-hybridized carbons (Fsp3) is 0.870. The minimum atomic E-state index is -2.13. The molecule has 36 heavy (non-hydrogen) atoms. The van der Waals surface area contributed by atoms with Crippen LogP contribution in [-0.4, -0.2) is 119 Å². The average Bonchev–Trinajstić information content (AvgIpc) is 3.03. The average molecular weight is 549 g/mol. The predicted molar refractivity (Wildman–Crippen MR) is 135 cm³/mol. The molecule has 3 aliphatic rings. The molecular weight excluding hydrogens is 508 g/mol. The van der Waals surface area contributed by atoms with Crippen molar-refractivity contribution in [3.63, 3.8) is 0 Å². The summed E-state index contributed by atoms with van der Waals surface area (Å²) < 4.78 is 33.4. The normalized spacial score (nSPS) is 35.7. The van der Waals surface area contributed by atoms with Crippen molar-refractivity contribution in [1.29, 1.82) is 0 Å². The van der Waals surface area contributed by atoms with Gasteiger partial charge < -0.3 is 38.3 Å². The summed E-state index contributed by atoms with van der Waals surface area (Å²) in [4.78, 5) is 40.6. The highest BCUT2D eigenvalue weighted by Crippen LogP contribution is 2.51. The van der Waals surface area contributed by atoms with Gasteiger partial charge in [0, 0.05) is 33.2 Å². The van der Waals surface area contributed by atoms with Crippen LogP contribution < -0.4 is 5.32 Å². The van der Waals surface area contributed by atoms with Gasteiger partial charge in [-0.05, 0) is 33.5 Å². The Labute approximate surface area is 218 Å². The van der Waals surface area contributed by atoms with Gasteiger partial charge in [-0.1, -0.05) is 0 Å². The lowest BCUT2D eigenvalue weighted by Gasteiger charge is -2.46. The Morgan fingerprint density at radius 3 is 2.14 bits per heavy atom. The second-order valence-corrected chi connectivity index (χ2v) is 17.0. The zero-order chi connectivity index (χ0) is 27.0. The van der Waals surface area contributed by atoms with E-state index in [0.29, 0.717) is 0 Å². The molecule has 3 heterocycles. The lowest BCUT2D eigenvalue weighted by atomic mass is 9.92. The summed E-state index contributed by atoms with van der Waals surface area (Å²) in [6.07, 6.45) is -2.61. The quantitative estimate of drug-likeness (QED) is 0.309. The first-order chi connectivity index (χ1) is 16.8. The second-order valence-electron chi connectivity index (χ2n) is 10.8. The zero-order valence-electron chi connectivity index (χ0n) is 22.6. The minimum absolute atomic E-state index is 0.0410. The summed E-state index contributed by atoms with van der Waals surface area (Å²) in [6.45, 7) is 9.89. The molecule has 3 fully saturated rings. The Bertz CT molecular complexity index is 839. The summed E-state index contributed by atoms with van der Waals surface area (Å²) in [5.41, 5.74) is 0. The fourth-order valence-corrected chi connectivity index (χ4v) is 7.53. The third kappa shape index (κ3) is 5.76. The van der Waals surface area contributed by atoms with Crippen molar-refractivity contribution in [3.8, 4) is 0 Å². The number of hydrogen-bond donors (Lipinski definition) is 1. The van der Waals surface area contributed by atoms with Gasteiger partial charge in [-0.3, -0.25) is 14.4 Å². The Balaban J connectivity index is 1.68. The van der Waals surface area contributed by atoms with Gasteiger partial charge in [-0.2, -0.15) is 0 Å². The Kier molecular flexibility index (Phi) is 9.17. The summed E-state index contributed by atoms with van der Waals surface area (Å²) in [6, 6.07) is -1.42. The standard InChI is InChI=1S/C23H40N2O9SSi/c1-23(2)19(22(28)34-36(7,8)9)25-20(27)15(21(25)35-23)24-14(26)10-12-16(30-4)18(32-6)17(31-5)13(33-12)11-29-3/h12-13,15-19,21H,10-11H2,1-9H3,(H,24,26). The van der Waals surface area contributed by atoms with E-state index in [4.69, 9.17) is 28.1 Å². The molecule has 1 N–H and O–H groups in total. The van der Waals surface area contributed by atoms with E-state index in [2.05, 4.69) is 5.32 Å². The molecule has 11 nitrogen and oxygen atoms in total. The van der Waals surface area contributed by atoms with Crippen molar-refractivity contribution in [2.45, 2.75) is 92.6 Å². The van der Waals surface area contributed by atoms with Gasteiger partial charge in [0.15, 0.2) is 0 Å². The van der Waals surface area contributed by atoms with Crippen LogP contribution in [0.4, 0.5) is 0 Å². The van der Waals surface area contributed by atoms with E-state index >= 15 is 0 Å². The van der Waals surface area contributed by atoms with Gasteiger partial charge in [0.1, 0.15) is 41.9 Å². The Hall–Kier alpha value is -1.22. The van der Waals surface area contributed by atoms with E-state index in [0.717, 1.165) is 0 Å². The van der Waals surface area contributed by atoms with Crippen molar-refractivity contribution in [3.05, 3.63) is 0 Å². The highest BCUT2D eigenvalue weighted by atomic mass is 32.2. The number of carbonyl (C=O) groups excluding carboxylic acids is 3. The van der Waals surface area contributed by atoms with Gasteiger partial charge in [-0.15, -0.1) is 11.8 Å². The number of nitrogens with one attached hydrogen (secondary N) is 1. The molecule has 8 unspecified atom stereocenters. The molecular formula is C23H40N2O9SSi. The first kappa shape index (κ1) is 29.3. The number of methoxy groups -OCH3 is 4. The summed E-state index contributed by atoms with van der Waals surface area (Å²) in [5.74, 6) is -1.02. The second kappa shape index (κ2) is 11.3. The maximum Gasteiger partial charge on any atom is 0.317 e. The van der Waals surface area contributed by atoms with Crippen molar-refractivity contribution in [2.75, 3.05) is 35.0 Å². The molecule has 0 bridgehead atoms. The molecule has 0 spiro atoms. The van der Waals surface area contributed by atoms with Crippen LogP contribution in [0.25, 0.3) is 0 Å². The van der Waals surface area contributed by atoms with Crippen LogP contribution in [0.3, 0.4) is 0 Å². The SMILES string of the molecule is COCC1OC(CC(=O)NC2C(=O)N3C2SC(C)(C)C3C(=O)O[Si](C)(C)C)C(OC)C(OC)C1OC. The van der Waals surface area contributed by atoms with Crippen LogP contribution in [0.1, 0.15) is 20.3 Å². The molecule has 2 amide bonds. The number of thioether (sulfide) groups is 1. The maximum absolute atomic E-state index is 13.1. The maximum atomic E-state index is 13.1. The third-order valence-electron chi connectivity index (χ3n) is 6.65. The van der Waals surface area contributed by atoms with E-state index in [1.165, 1.54) is 18.9 Å². The molecule has 0 saturated carbocycles. The monoisotopic (exact) mass is 548 g/mol. The molecule has 0 aliphatic carbocycles. The lowest BCUT2D eigenvalue weighted by molar-refractivity contribution is -0.249. The van der Waals surface area contributed by atoms with E-state index in [9.17, 15) is 14.4 Å². The molecule has 3 aliphatic heterocycles. The van der Waals surface area contributed by atoms with Crippen molar-refractivity contribution < 1.29 is 42.5 Å². The van der Waals surface area contributed by atoms with Crippen LogP contribution in [-0.2, 0) is 42.5 Å². The number of rotatable bonds is 10. The number of β-lactam (4-membered cyclic amide) rings is 1. The van der Waals surface area contributed by atoms with Crippen molar-refractivity contribution in [2.24, 2.45) is 0 Å². The summed E-state index contributed by atoms with van der Waals surface area (Å²) in [5, 5.41) is 2.51. The highest BCUT2D eigenvalue weighted by Gasteiger charge is 2.64. The molecule has 0 aromatic carbocycles. The van der Waals surface area contributed by atoms with Crippen LogP contribution in [0.5, 0.6) is 0 Å². The van der Waals surface area contributed by atoms with Gasteiger partial charge in [0.25, 0.3) is 0 Å². The molecule has 0 aromatic heterocycles.